The summed E-state index contributed by atoms with van der Waals surface area (Å²) >= 11 is 0. The second-order valence-electron chi connectivity index (χ2n) is 2.79. The molecule has 3 heteroatoms. The molecule has 0 aliphatic carbocycles. The van der Waals surface area contributed by atoms with Gasteiger partial charge in [0.2, 0.25) is 0 Å². The van der Waals surface area contributed by atoms with E-state index in [0.717, 1.165) is 0 Å². The minimum Gasteiger partial charge on any atom is -0.458 e. The van der Waals surface area contributed by atoms with Crippen LogP contribution in [0.3, 0.4) is 0 Å². The van der Waals surface area contributed by atoms with Gasteiger partial charge in [0.1, 0.15) is 6.61 Å². The number of nitrogens with two attached hydrogens (primary N) is 1. The number of benzene rings is 1. The summed E-state index contributed by atoms with van der Waals surface area (Å²) in [7, 11) is 0. The summed E-state index contributed by atoms with van der Waals surface area (Å²) < 4.78 is 4.94. The molecule has 0 saturated heterocycles. The first-order valence-electron chi connectivity index (χ1n) is 4.38. The minimum atomic E-state index is -0.330. The van der Waals surface area contributed by atoms with E-state index < -0.39 is 0 Å². The molecule has 0 aliphatic rings. The van der Waals surface area contributed by atoms with Gasteiger partial charge in [-0.1, -0.05) is 12.2 Å². The molecule has 0 amide bonds. The minimum absolute atomic E-state index is 0.305. The molecule has 0 atom stereocenters. The summed E-state index contributed by atoms with van der Waals surface area (Å²) in [6.45, 7) is 2.18. The summed E-state index contributed by atoms with van der Waals surface area (Å²) in [6, 6.07) is 6.64. The van der Waals surface area contributed by atoms with Gasteiger partial charge in [0.15, 0.2) is 0 Å². The van der Waals surface area contributed by atoms with Crippen LogP contribution in [0.2, 0.25) is 0 Å². The van der Waals surface area contributed by atoms with E-state index in [9.17, 15) is 4.79 Å². The average molecular weight is 191 g/mol. The van der Waals surface area contributed by atoms with Gasteiger partial charge in [-0.15, -0.1) is 0 Å². The van der Waals surface area contributed by atoms with Crippen molar-refractivity contribution in [3.63, 3.8) is 0 Å². The molecule has 2 N–H and O–H groups in total. The number of ether oxygens (including phenoxy) is 1. The lowest BCUT2D eigenvalue weighted by Crippen LogP contribution is -2.04. The molecule has 0 radical (unpaired) electrons. The van der Waals surface area contributed by atoms with Crippen molar-refractivity contribution in [2.24, 2.45) is 0 Å². The number of rotatable bonds is 3. The molecule has 0 aromatic heterocycles. The Morgan fingerprint density at radius 1 is 1.43 bits per heavy atom. The Balaban J connectivity index is 2.56. The molecule has 3 nitrogen and oxygen atoms in total. The maximum Gasteiger partial charge on any atom is 0.338 e. The highest BCUT2D eigenvalue weighted by Crippen LogP contribution is 2.06. The third-order valence-electron chi connectivity index (χ3n) is 1.69. The van der Waals surface area contributed by atoms with Gasteiger partial charge in [0.25, 0.3) is 0 Å². The van der Waals surface area contributed by atoms with Crippen LogP contribution in [0, 0.1) is 0 Å². The Morgan fingerprint density at radius 3 is 2.64 bits per heavy atom. The maximum absolute atomic E-state index is 11.3. The normalized spacial score (nSPS) is 10.4. The first kappa shape index (κ1) is 10.3. The van der Waals surface area contributed by atoms with Crippen molar-refractivity contribution >= 4 is 11.7 Å². The SMILES string of the molecule is C/C=C\COC(=O)c1ccc(N)cc1. The van der Waals surface area contributed by atoms with Crippen LogP contribution in [-0.4, -0.2) is 12.6 Å². The Morgan fingerprint density at radius 2 is 2.07 bits per heavy atom. The number of hydrogen-bond donors (Lipinski definition) is 1. The Labute approximate surface area is 83.2 Å². The van der Waals surface area contributed by atoms with Crippen LogP contribution in [0.4, 0.5) is 5.69 Å². The lowest BCUT2D eigenvalue weighted by atomic mass is 10.2. The molecule has 1 rings (SSSR count). The van der Waals surface area contributed by atoms with Gasteiger partial charge in [-0.3, -0.25) is 0 Å². The molecular formula is C11H13NO2. The third kappa shape index (κ3) is 2.94. The standard InChI is InChI=1S/C11H13NO2/c1-2-3-8-14-11(13)9-4-6-10(12)7-5-9/h2-7H,8,12H2,1H3/b3-2-. The van der Waals surface area contributed by atoms with E-state index in [1.807, 2.05) is 13.0 Å². The molecule has 74 valence electrons. The van der Waals surface area contributed by atoms with Crippen LogP contribution in [0.25, 0.3) is 0 Å². The smallest absolute Gasteiger partial charge is 0.338 e. The zero-order valence-electron chi connectivity index (χ0n) is 8.07. The summed E-state index contributed by atoms with van der Waals surface area (Å²) in [5, 5.41) is 0. The molecule has 1 aromatic carbocycles. The highest BCUT2D eigenvalue weighted by Gasteiger charge is 2.04. The number of hydrogen-bond acceptors (Lipinski definition) is 3. The molecule has 0 bridgehead atoms. The quantitative estimate of drug-likeness (QED) is 0.451. The highest BCUT2D eigenvalue weighted by atomic mass is 16.5. The fraction of sp³-hybridized carbons (Fsp3) is 0.182. The van der Waals surface area contributed by atoms with Gasteiger partial charge in [0, 0.05) is 5.69 Å². The summed E-state index contributed by atoms with van der Waals surface area (Å²) in [6.07, 6.45) is 3.60. The molecule has 0 fully saturated rings. The summed E-state index contributed by atoms with van der Waals surface area (Å²) in [5.41, 5.74) is 6.64. The average Bonchev–Trinajstić information content (AvgIpc) is 2.19. The maximum atomic E-state index is 11.3. The molecule has 0 spiro atoms. The van der Waals surface area contributed by atoms with Crippen molar-refractivity contribution in [1.29, 1.82) is 0 Å². The van der Waals surface area contributed by atoms with Crippen molar-refractivity contribution in [2.45, 2.75) is 6.92 Å². The van der Waals surface area contributed by atoms with Gasteiger partial charge in [-0.2, -0.15) is 0 Å². The van der Waals surface area contributed by atoms with Crippen LogP contribution in [0.5, 0.6) is 0 Å². The van der Waals surface area contributed by atoms with Crippen molar-refractivity contribution in [3.8, 4) is 0 Å². The van der Waals surface area contributed by atoms with Crippen LogP contribution in [-0.2, 0) is 4.74 Å². The van der Waals surface area contributed by atoms with Gasteiger partial charge in [-0.25, -0.2) is 4.79 Å². The van der Waals surface area contributed by atoms with Crippen molar-refractivity contribution < 1.29 is 9.53 Å². The van der Waals surface area contributed by atoms with Crippen LogP contribution < -0.4 is 5.73 Å². The molecular weight excluding hydrogens is 178 g/mol. The van der Waals surface area contributed by atoms with E-state index in [1.54, 1.807) is 30.3 Å². The van der Waals surface area contributed by atoms with E-state index in [4.69, 9.17) is 10.5 Å². The summed E-state index contributed by atoms with van der Waals surface area (Å²) in [4.78, 5) is 11.3. The molecule has 0 unspecified atom stereocenters. The fourth-order valence-electron chi connectivity index (χ4n) is 0.923. The van der Waals surface area contributed by atoms with E-state index in [0.29, 0.717) is 17.9 Å². The largest absolute Gasteiger partial charge is 0.458 e. The van der Waals surface area contributed by atoms with Crippen LogP contribution in [0.15, 0.2) is 36.4 Å². The van der Waals surface area contributed by atoms with Crippen molar-refractivity contribution in [3.05, 3.63) is 42.0 Å². The van der Waals surface area contributed by atoms with Crippen LogP contribution >= 0.6 is 0 Å². The number of esters is 1. The third-order valence-corrected chi connectivity index (χ3v) is 1.69. The summed E-state index contributed by atoms with van der Waals surface area (Å²) in [5.74, 6) is -0.330. The van der Waals surface area contributed by atoms with Gasteiger partial charge >= 0.3 is 5.97 Å². The van der Waals surface area contributed by atoms with Gasteiger partial charge in [-0.05, 0) is 31.2 Å². The molecule has 1 aromatic rings. The van der Waals surface area contributed by atoms with E-state index in [2.05, 4.69) is 0 Å². The predicted molar refractivity (Wildman–Crippen MR) is 56.0 cm³/mol. The second-order valence-corrected chi connectivity index (χ2v) is 2.79. The number of anilines is 1. The number of nitrogen functional groups attached to an aromatic ring is 1. The predicted octanol–water partition coefficient (Wildman–Crippen LogP) is 2.00. The molecule has 0 saturated carbocycles. The molecule has 14 heavy (non-hydrogen) atoms. The number of carbonyl (C=O) groups excluding carboxylic acids is 1. The number of allylic oxidation sites excluding steroid dienone is 1. The fourth-order valence-corrected chi connectivity index (χ4v) is 0.923. The molecule has 0 heterocycles. The van der Waals surface area contributed by atoms with E-state index >= 15 is 0 Å². The van der Waals surface area contributed by atoms with Crippen molar-refractivity contribution in [1.82, 2.24) is 0 Å². The van der Waals surface area contributed by atoms with E-state index in [1.165, 1.54) is 0 Å². The topological polar surface area (TPSA) is 52.3 Å². The van der Waals surface area contributed by atoms with Crippen LogP contribution in [0.1, 0.15) is 17.3 Å². The van der Waals surface area contributed by atoms with E-state index in [-0.39, 0.29) is 5.97 Å². The highest BCUT2D eigenvalue weighted by molar-refractivity contribution is 5.89. The Kier molecular flexibility index (Phi) is 3.73. The zero-order valence-corrected chi connectivity index (χ0v) is 8.07. The Hall–Kier alpha value is -1.77. The monoisotopic (exact) mass is 191 g/mol. The molecule has 0 aliphatic heterocycles. The lowest BCUT2D eigenvalue weighted by molar-refractivity contribution is 0.0549. The van der Waals surface area contributed by atoms with Gasteiger partial charge < -0.3 is 10.5 Å². The first-order valence-corrected chi connectivity index (χ1v) is 4.38. The second kappa shape index (κ2) is 5.07. The Bertz CT molecular complexity index is 328. The first-order chi connectivity index (χ1) is 6.74. The van der Waals surface area contributed by atoms with Crippen molar-refractivity contribution in [2.75, 3.05) is 12.3 Å². The number of carbonyl (C=O) groups is 1. The van der Waals surface area contributed by atoms with Gasteiger partial charge in [0.05, 0.1) is 5.56 Å². The lowest BCUT2D eigenvalue weighted by Gasteiger charge is -2.01. The zero-order chi connectivity index (χ0) is 10.4.